The number of rotatable bonds is 6. The molecular formula is C39H33ClSi. The number of benzene rings is 6. The fraction of sp³-hybridized carbons (Fsp3) is 0.0769. The van der Waals surface area contributed by atoms with Gasteiger partial charge in [0.1, 0.15) is 0 Å². The molecule has 0 bridgehead atoms. The van der Waals surface area contributed by atoms with Crippen LogP contribution in [0.3, 0.4) is 0 Å². The van der Waals surface area contributed by atoms with Crippen LogP contribution in [-0.4, -0.2) is 7.38 Å². The molecular weight excluding hydrogens is 532 g/mol. The minimum absolute atomic E-state index is 1.19. The number of hydrogen-bond donors (Lipinski definition) is 0. The summed E-state index contributed by atoms with van der Waals surface area (Å²) < 4.78 is 0. The largest absolute Gasteiger partial charge is 0.248 e. The second-order valence-corrected chi connectivity index (χ2v) is 15.6. The normalized spacial score (nSPS) is 11.4. The Morgan fingerprint density at radius 1 is 0.366 bits per heavy atom. The van der Waals surface area contributed by atoms with Crippen molar-refractivity contribution in [3.8, 4) is 33.4 Å². The van der Waals surface area contributed by atoms with Gasteiger partial charge in [0.25, 0.3) is 0 Å². The Kier molecular flexibility index (Phi) is 7.49. The van der Waals surface area contributed by atoms with E-state index in [0.717, 1.165) is 0 Å². The molecule has 0 saturated carbocycles. The minimum atomic E-state index is -2.97. The molecule has 0 aliphatic carbocycles. The van der Waals surface area contributed by atoms with E-state index < -0.39 is 7.38 Å². The molecule has 0 unspecified atom stereocenters. The lowest BCUT2D eigenvalue weighted by atomic mass is 10.0. The topological polar surface area (TPSA) is 0 Å². The van der Waals surface area contributed by atoms with E-state index in [9.17, 15) is 0 Å². The molecule has 0 spiro atoms. The molecule has 0 aromatic heterocycles. The van der Waals surface area contributed by atoms with E-state index in [1.807, 2.05) is 0 Å². The van der Waals surface area contributed by atoms with Crippen LogP contribution in [0.4, 0.5) is 0 Å². The second kappa shape index (κ2) is 11.4. The molecule has 0 saturated heterocycles. The molecule has 200 valence electrons. The lowest BCUT2D eigenvalue weighted by molar-refractivity contribution is 1.46. The fourth-order valence-corrected chi connectivity index (χ4v) is 9.82. The first-order valence-electron chi connectivity index (χ1n) is 14.1. The van der Waals surface area contributed by atoms with Crippen molar-refractivity contribution >= 4 is 34.0 Å². The van der Waals surface area contributed by atoms with Gasteiger partial charge < -0.3 is 0 Å². The van der Waals surface area contributed by atoms with Gasteiger partial charge in [0.05, 0.1) is 0 Å². The van der Waals surface area contributed by atoms with Crippen LogP contribution < -0.4 is 15.6 Å². The van der Waals surface area contributed by atoms with Crippen LogP contribution in [0.15, 0.2) is 146 Å². The van der Waals surface area contributed by atoms with E-state index in [1.165, 1.54) is 65.6 Å². The quantitative estimate of drug-likeness (QED) is 0.108. The maximum absolute atomic E-state index is 8.19. The van der Waals surface area contributed by atoms with Crippen molar-refractivity contribution in [3.05, 3.63) is 162 Å². The first-order chi connectivity index (χ1) is 19.9. The Morgan fingerprint density at radius 2 is 0.634 bits per heavy atom. The molecule has 0 amide bonds. The zero-order chi connectivity index (χ0) is 28.4. The van der Waals surface area contributed by atoms with Crippen molar-refractivity contribution < 1.29 is 0 Å². The number of halogens is 1. The summed E-state index contributed by atoms with van der Waals surface area (Å²) in [6.07, 6.45) is 0. The molecule has 0 fully saturated rings. The monoisotopic (exact) mass is 564 g/mol. The molecule has 41 heavy (non-hydrogen) atoms. The highest BCUT2D eigenvalue weighted by molar-refractivity contribution is 7.40. The average Bonchev–Trinajstić information content (AvgIpc) is 3.02. The molecule has 6 aromatic rings. The maximum atomic E-state index is 8.19. The van der Waals surface area contributed by atoms with Gasteiger partial charge in [-0.25, -0.2) is 0 Å². The summed E-state index contributed by atoms with van der Waals surface area (Å²) in [6.45, 7) is 6.55. The van der Waals surface area contributed by atoms with Gasteiger partial charge in [-0.3, -0.25) is 0 Å². The molecule has 0 atom stereocenters. The van der Waals surface area contributed by atoms with Crippen molar-refractivity contribution in [1.82, 2.24) is 0 Å². The van der Waals surface area contributed by atoms with Gasteiger partial charge >= 0.3 is 0 Å². The lowest BCUT2D eigenvalue weighted by Crippen LogP contribution is -2.63. The summed E-state index contributed by atoms with van der Waals surface area (Å²) in [5.74, 6) is 0. The van der Waals surface area contributed by atoms with Crippen LogP contribution >= 0.6 is 11.1 Å². The third kappa shape index (κ3) is 5.20. The molecule has 6 rings (SSSR count). The molecule has 2 heteroatoms. The van der Waals surface area contributed by atoms with Crippen molar-refractivity contribution in [2.75, 3.05) is 0 Å². The average molecular weight is 565 g/mol. The van der Waals surface area contributed by atoms with Crippen LogP contribution in [0.25, 0.3) is 33.4 Å². The molecule has 0 N–H and O–H groups in total. The van der Waals surface area contributed by atoms with Gasteiger partial charge in [0.15, 0.2) is 0 Å². The Balaban J connectivity index is 1.62. The lowest BCUT2D eigenvalue weighted by Gasteiger charge is -2.29. The van der Waals surface area contributed by atoms with Crippen LogP contribution in [0.1, 0.15) is 16.7 Å². The third-order valence-electron chi connectivity index (χ3n) is 8.16. The fourth-order valence-electron chi connectivity index (χ4n) is 5.80. The number of aryl methyl sites for hydroxylation is 3. The number of hydrogen-bond acceptors (Lipinski definition) is 0. The first kappa shape index (κ1) is 27.0. The van der Waals surface area contributed by atoms with E-state index in [1.54, 1.807) is 0 Å². The van der Waals surface area contributed by atoms with Gasteiger partial charge in [-0.05, 0) is 86.4 Å². The van der Waals surface area contributed by atoms with E-state index >= 15 is 0 Å². The zero-order valence-corrected chi connectivity index (χ0v) is 25.5. The predicted octanol–water partition coefficient (Wildman–Crippen LogP) is 8.82. The summed E-state index contributed by atoms with van der Waals surface area (Å²) in [6, 6.07) is 52.4. The van der Waals surface area contributed by atoms with E-state index in [2.05, 4.69) is 166 Å². The Labute approximate surface area is 249 Å². The van der Waals surface area contributed by atoms with Crippen LogP contribution in [0.5, 0.6) is 0 Å². The first-order valence-corrected chi connectivity index (χ1v) is 17.1. The van der Waals surface area contributed by atoms with E-state index in [0.29, 0.717) is 0 Å². The molecule has 0 aliphatic rings. The zero-order valence-electron chi connectivity index (χ0n) is 23.7. The van der Waals surface area contributed by atoms with Gasteiger partial charge in [-0.1, -0.05) is 146 Å². The van der Waals surface area contributed by atoms with Gasteiger partial charge in [0, 0.05) is 0 Å². The third-order valence-corrected chi connectivity index (χ3v) is 13.4. The summed E-state index contributed by atoms with van der Waals surface area (Å²) in [7, 11) is -2.97. The smallest absolute Gasteiger partial charge is 0.149 e. The molecule has 0 radical (unpaired) electrons. The van der Waals surface area contributed by atoms with Crippen molar-refractivity contribution in [1.29, 1.82) is 0 Å². The van der Waals surface area contributed by atoms with Crippen molar-refractivity contribution in [2.45, 2.75) is 20.8 Å². The van der Waals surface area contributed by atoms with Gasteiger partial charge in [-0.2, -0.15) is 0 Å². The van der Waals surface area contributed by atoms with Crippen LogP contribution in [0, 0.1) is 20.8 Å². The summed E-state index contributed by atoms with van der Waals surface area (Å²) in [4.78, 5) is 0. The second-order valence-electron chi connectivity index (χ2n) is 10.8. The summed E-state index contributed by atoms with van der Waals surface area (Å²) in [5.41, 5.74) is 11.1. The highest BCUT2D eigenvalue weighted by Gasteiger charge is 2.39. The highest BCUT2D eigenvalue weighted by Crippen LogP contribution is 2.28. The Hall–Kier alpha value is -4.17. The van der Waals surface area contributed by atoms with E-state index in [-0.39, 0.29) is 0 Å². The molecule has 6 aromatic carbocycles. The van der Waals surface area contributed by atoms with Crippen LogP contribution in [-0.2, 0) is 0 Å². The van der Waals surface area contributed by atoms with Gasteiger partial charge in [0.2, 0.25) is 7.38 Å². The minimum Gasteiger partial charge on any atom is -0.149 e. The maximum Gasteiger partial charge on any atom is 0.248 e. The SMILES string of the molecule is Cc1ccc([Si](Cl)(c2ccc(C)c(-c3ccccc3)c2)c2ccc(C)c(-c3ccccc3)c2)cc1-c1ccccc1. The molecule has 0 heterocycles. The summed E-state index contributed by atoms with van der Waals surface area (Å²) in [5, 5.41) is 3.57. The molecule has 0 aliphatic heterocycles. The van der Waals surface area contributed by atoms with Crippen LogP contribution in [0.2, 0.25) is 0 Å². The standard InChI is InChI=1S/C39H33ClSi/c1-28-19-22-34(25-37(28)31-13-7-4-8-14-31)41(40,35-23-20-29(2)38(26-35)32-15-9-5-10-16-32)36-24-21-30(3)39(27-36)33-17-11-6-12-18-33/h4-27H,1-3H3. The highest BCUT2D eigenvalue weighted by atomic mass is 35.6. The van der Waals surface area contributed by atoms with Crippen molar-refractivity contribution in [2.24, 2.45) is 0 Å². The predicted molar refractivity (Wildman–Crippen MR) is 180 cm³/mol. The summed E-state index contributed by atoms with van der Waals surface area (Å²) >= 11 is 8.19. The Bertz CT molecular complexity index is 1590. The van der Waals surface area contributed by atoms with Crippen molar-refractivity contribution in [3.63, 3.8) is 0 Å². The van der Waals surface area contributed by atoms with Gasteiger partial charge in [-0.15, -0.1) is 11.1 Å². The van der Waals surface area contributed by atoms with E-state index in [4.69, 9.17) is 11.1 Å². The Morgan fingerprint density at radius 3 is 0.902 bits per heavy atom. The molecule has 0 nitrogen and oxygen atoms in total.